The molecule has 110 valence electrons. The first kappa shape index (κ1) is 15.5. The van der Waals surface area contributed by atoms with Gasteiger partial charge in [-0.1, -0.05) is 11.6 Å². The van der Waals surface area contributed by atoms with Gasteiger partial charge in [-0.3, -0.25) is 4.79 Å². The van der Waals surface area contributed by atoms with Gasteiger partial charge in [0.2, 0.25) is 0 Å². The van der Waals surface area contributed by atoms with Crippen LogP contribution in [0.1, 0.15) is 10.4 Å². The molecule has 7 heteroatoms. The quantitative estimate of drug-likeness (QED) is 0.805. The van der Waals surface area contributed by atoms with E-state index in [9.17, 15) is 13.6 Å². The maximum Gasteiger partial charge on any atom is 0.256 e. The van der Waals surface area contributed by atoms with E-state index in [1.165, 1.54) is 0 Å². The minimum absolute atomic E-state index is 0. The first-order chi connectivity index (χ1) is 9.06. The van der Waals surface area contributed by atoms with Crippen LogP contribution in [0.5, 0.6) is 0 Å². The minimum Gasteiger partial charge on any atom is -0.338 e. The number of hydrogen-bond donors (Lipinski definition) is 1. The fraction of sp³-hybridized carbons (Fsp3) is 0.462. The molecule has 20 heavy (non-hydrogen) atoms. The Morgan fingerprint density at radius 2 is 1.80 bits per heavy atom. The SMILES string of the molecule is Cl.O=C(c1cc(F)c(Cl)cc1F)N1C[C@H]2CNC[C@H]2C1. The number of hydrogen-bond acceptors (Lipinski definition) is 2. The van der Waals surface area contributed by atoms with Crippen molar-refractivity contribution in [2.75, 3.05) is 26.2 Å². The number of amides is 1. The van der Waals surface area contributed by atoms with Crippen LogP contribution in [-0.4, -0.2) is 37.0 Å². The Morgan fingerprint density at radius 3 is 2.40 bits per heavy atom. The molecule has 3 rings (SSSR count). The summed E-state index contributed by atoms with van der Waals surface area (Å²) in [6.45, 7) is 2.96. The van der Waals surface area contributed by atoms with Gasteiger partial charge in [0.15, 0.2) is 0 Å². The van der Waals surface area contributed by atoms with Crippen LogP contribution in [0, 0.1) is 23.5 Å². The highest BCUT2D eigenvalue weighted by Crippen LogP contribution is 2.28. The van der Waals surface area contributed by atoms with Gasteiger partial charge in [-0.15, -0.1) is 12.4 Å². The summed E-state index contributed by atoms with van der Waals surface area (Å²) in [4.78, 5) is 13.8. The van der Waals surface area contributed by atoms with Gasteiger partial charge in [0.1, 0.15) is 11.6 Å². The fourth-order valence-electron chi connectivity index (χ4n) is 2.88. The van der Waals surface area contributed by atoms with Crippen molar-refractivity contribution < 1.29 is 13.6 Å². The van der Waals surface area contributed by atoms with Gasteiger partial charge in [0.05, 0.1) is 10.6 Å². The van der Waals surface area contributed by atoms with Gasteiger partial charge >= 0.3 is 0 Å². The molecule has 1 amide bonds. The molecule has 0 bridgehead atoms. The highest BCUT2D eigenvalue weighted by Gasteiger charge is 2.38. The van der Waals surface area contributed by atoms with Gasteiger partial charge in [-0.05, 0) is 24.0 Å². The third-order valence-electron chi connectivity index (χ3n) is 3.92. The number of benzene rings is 1. The Labute approximate surface area is 126 Å². The zero-order valence-electron chi connectivity index (χ0n) is 10.5. The van der Waals surface area contributed by atoms with E-state index >= 15 is 0 Å². The van der Waals surface area contributed by atoms with E-state index in [-0.39, 0.29) is 23.0 Å². The number of fused-ring (bicyclic) bond motifs is 1. The van der Waals surface area contributed by atoms with E-state index in [1.54, 1.807) is 4.90 Å². The molecule has 0 saturated carbocycles. The van der Waals surface area contributed by atoms with Crippen LogP contribution < -0.4 is 5.32 Å². The molecule has 0 unspecified atom stereocenters. The van der Waals surface area contributed by atoms with Gasteiger partial charge in [-0.2, -0.15) is 0 Å². The maximum atomic E-state index is 13.7. The Hall–Kier alpha value is -0.910. The zero-order chi connectivity index (χ0) is 13.6. The first-order valence-electron chi connectivity index (χ1n) is 6.21. The molecule has 2 aliphatic heterocycles. The summed E-state index contributed by atoms with van der Waals surface area (Å²) in [6, 6.07) is 1.73. The molecule has 2 atom stereocenters. The smallest absolute Gasteiger partial charge is 0.256 e. The second-order valence-corrected chi connectivity index (χ2v) is 5.54. The standard InChI is InChI=1S/C13H13ClF2N2O.ClH/c14-10-2-11(15)9(1-12(10)16)13(19)18-5-7-3-17-4-8(7)6-18;/h1-2,7-8,17H,3-6H2;1H/t7-,8+;. The van der Waals surface area contributed by atoms with Crippen LogP contribution in [0.15, 0.2) is 12.1 Å². The van der Waals surface area contributed by atoms with E-state index in [1.807, 2.05) is 0 Å². The van der Waals surface area contributed by atoms with Crippen molar-refractivity contribution in [1.29, 1.82) is 0 Å². The largest absolute Gasteiger partial charge is 0.338 e. The predicted octanol–water partition coefficient (Wildman–Crippen LogP) is 2.33. The number of halogens is 4. The average molecular weight is 323 g/mol. The summed E-state index contributed by atoms with van der Waals surface area (Å²) in [5.41, 5.74) is -0.241. The van der Waals surface area contributed by atoms with Crippen LogP contribution in [0.2, 0.25) is 5.02 Å². The third-order valence-corrected chi connectivity index (χ3v) is 4.21. The summed E-state index contributed by atoms with van der Waals surface area (Å²) in [7, 11) is 0. The second kappa shape index (κ2) is 5.84. The highest BCUT2D eigenvalue weighted by atomic mass is 35.5. The zero-order valence-corrected chi connectivity index (χ0v) is 12.1. The van der Waals surface area contributed by atoms with Gasteiger partial charge in [-0.25, -0.2) is 8.78 Å². The van der Waals surface area contributed by atoms with Crippen LogP contribution in [-0.2, 0) is 0 Å². The Bertz CT molecular complexity index is 529. The molecule has 0 spiro atoms. The highest BCUT2D eigenvalue weighted by molar-refractivity contribution is 6.30. The predicted molar refractivity (Wildman–Crippen MR) is 74.4 cm³/mol. The molecule has 2 heterocycles. The molecule has 2 aliphatic rings. The van der Waals surface area contributed by atoms with Crippen LogP contribution >= 0.6 is 24.0 Å². The third kappa shape index (κ3) is 2.62. The van der Waals surface area contributed by atoms with Crippen molar-refractivity contribution >= 4 is 29.9 Å². The fourth-order valence-corrected chi connectivity index (χ4v) is 3.03. The molecule has 0 aromatic heterocycles. The minimum atomic E-state index is -0.772. The topological polar surface area (TPSA) is 32.3 Å². The van der Waals surface area contributed by atoms with E-state index in [2.05, 4.69) is 5.32 Å². The lowest BCUT2D eigenvalue weighted by molar-refractivity contribution is 0.0776. The van der Waals surface area contributed by atoms with Crippen molar-refractivity contribution in [3.05, 3.63) is 34.4 Å². The number of rotatable bonds is 1. The molecular weight excluding hydrogens is 309 g/mol. The first-order valence-corrected chi connectivity index (χ1v) is 6.58. The molecule has 2 fully saturated rings. The lowest BCUT2D eigenvalue weighted by Gasteiger charge is -2.18. The second-order valence-electron chi connectivity index (χ2n) is 5.13. The Balaban J connectivity index is 0.00000147. The van der Waals surface area contributed by atoms with E-state index in [4.69, 9.17) is 11.6 Å². The number of carbonyl (C=O) groups excluding carboxylic acids is 1. The van der Waals surface area contributed by atoms with Gasteiger partial charge in [0, 0.05) is 26.2 Å². The van der Waals surface area contributed by atoms with Gasteiger partial charge in [0.25, 0.3) is 5.91 Å². The lowest BCUT2D eigenvalue weighted by Crippen LogP contribution is -2.32. The Morgan fingerprint density at radius 1 is 1.20 bits per heavy atom. The average Bonchev–Trinajstić information content (AvgIpc) is 2.93. The summed E-state index contributed by atoms with van der Waals surface area (Å²) in [5, 5.41) is 2.95. The number of nitrogens with zero attached hydrogens (tertiary/aromatic N) is 1. The van der Waals surface area contributed by atoms with Crippen LogP contribution in [0.3, 0.4) is 0 Å². The lowest BCUT2D eigenvalue weighted by atomic mass is 10.0. The molecule has 0 radical (unpaired) electrons. The number of likely N-dealkylation sites (tertiary alicyclic amines) is 1. The van der Waals surface area contributed by atoms with Crippen molar-refractivity contribution in [3.8, 4) is 0 Å². The number of nitrogens with one attached hydrogen (secondary N) is 1. The van der Waals surface area contributed by atoms with E-state index < -0.39 is 17.5 Å². The normalized spacial score (nSPS) is 24.4. The van der Waals surface area contributed by atoms with Crippen molar-refractivity contribution in [2.24, 2.45) is 11.8 Å². The van der Waals surface area contributed by atoms with Crippen LogP contribution in [0.4, 0.5) is 8.78 Å². The van der Waals surface area contributed by atoms with Crippen molar-refractivity contribution in [2.45, 2.75) is 0 Å². The van der Waals surface area contributed by atoms with E-state index in [0.717, 1.165) is 25.2 Å². The van der Waals surface area contributed by atoms with Crippen molar-refractivity contribution in [3.63, 3.8) is 0 Å². The number of carbonyl (C=O) groups is 1. The van der Waals surface area contributed by atoms with Crippen molar-refractivity contribution in [1.82, 2.24) is 10.2 Å². The van der Waals surface area contributed by atoms with Crippen LogP contribution in [0.25, 0.3) is 0 Å². The molecular formula is C13H14Cl2F2N2O. The summed E-state index contributed by atoms with van der Waals surface area (Å²) < 4.78 is 27.1. The Kier molecular flexibility index (Phi) is 4.52. The molecule has 1 aromatic carbocycles. The van der Waals surface area contributed by atoms with E-state index in [0.29, 0.717) is 24.9 Å². The summed E-state index contributed by atoms with van der Waals surface area (Å²) in [5.74, 6) is -1.16. The summed E-state index contributed by atoms with van der Waals surface area (Å²) in [6.07, 6.45) is 0. The maximum absolute atomic E-state index is 13.7. The molecule has 1 N–H and O–H groups in total. The van der Waals surface area contributed by atoms with Gasteiger partial charge < -0.3 is 10.2 Å². The molecule has 2 saturated heterocycles. The molecule has 1 aromatic rings. The summed E-state index contributed by atoms with van der Waals surface area (Å²) >= 11 is 5.48. The molecule has 3 nitrogen and oxygen atoms in total. The molecule has 0 aliphatic carbocycles. The monoisotopic (exact) mass is 322 g/mol.